The fourth-order valence-electron chi connectivity index (χ4n) is 5.07. The Morgan fingerprint density at radius 2 is 1.80 bits per heavy atom. The molecule has 0 saturated carbocycles. The van der Waals surface area contributed by atoms with Gasteiger partial charge in [-0.3, -0.25) is 5.32 Å². The van der Waals surface area contributed by atoms with E-state index in [1.165, 1.54) is 20.3 Å². The Hall–Kier alpha value is -3.58. The van der Waals surface area contributed by atoms with Gasteiger partial charge in [-0.1, -0.05) is 6.58 Å². The lowest BCUT2D eigenvalue weighted by atomic mass is 9.95. The van der Waals surface area contributed by atoms with Gasteiger partial charge in [0, 0.05) is 43.2 Å². The topological polar surface area (TPSA) is 110 Å². The van der Waals surface area contributed by atoms with E-state index in [0.29, 0.717) is 43.3 Å². The molecule has 0 aliphatic carbocycles. The quantitative estimate of drug-likeness (QED) is 0.254. The van der Waals surface area contributed by atoms with Gasteiger partial charge in [-0.15, -0.1) is 0 Å². The highest BCUT2D eigenvalue weighted by Crippen LogP contribution is 2.41. The summed E-state index contributed by atoms with van der Waals surface area (Å²) in [7, 11) is 4.25. The fraction of sp³-hybridized carbons (Fsp3) is 0.429. The Balaban J connectivity index is 1.58. The van der Waals surface area contributed by atoms with Crippen LogP contribution in [0, 0.1) is 11.6 Å². The fourth-order valence-corrected chi connectivity index (χ4v) is 5.07. The standard InChI is InChI=1S/C28H33F2N5O5/c1-6-23(36)33-19-12-40-11-18(19)32-22-8-16-15(10-31-22)7-17(34-27(16)35-13-28(2,14-35)39-5)24-25(29)20(37-3)9-21(38-4)26(24)30/h6-10,18-19,23,33,36H,1,11-14H2,2-5H3,(H,31,32)/t18-,19+,23?/m1/s1. The summed E-state index contributed by atoms with van der Waals surface area (Å²) >= 11 is 0. The number of pyridine rings is 2. The molecule has 5 rings (SSSR count). The van der Waals surface area contributed by atoms with Crippen LogP contribution in [-0.2, 0) is 9.47 Å². The molecule has 2 aliphatic rings. The van der Waals surface area contributed by atoms with Crippen molar-refractivity contribution in [1.29, 1.82) is 0 Å². The number of ether oxygens (including phenoxy) is 4. The van der Waals surface area contributed by atoms with E-state index >= 15 is 8.78 Å². The summed E-state index contributed by atoms with van der Waals surface area (Å²) in [5.41, 5.74) is -0.649. The monoisotopic (exact) mass is 557 g/mol. The normalized spacial score (nSPS) is 20.7. The van der Waals surface area contributed by atoms with Gasteiger partial charge in [0.25, 0.3) is 0 Å². The number of nitrogens with zero attached hydrogens (tertiary/aromatic N) is 3. The van der Waals surface area contributed by atoms with E-state index in [-0.39, 0.29) is 40.4 Å². The van der Waals surface area contributed by atoms with Crippen LogP contribution in [0.15, 0.2) is 37.1 Å². The Kier molecular flexibility index (Phi) is 7.78. The third-order valence-corrected chi connectivity index (χ3v) is 7.39. The van der Waals surface area contributed by atoms with Gasteiger partial charge in [0.1, 0.15) is 17.9 Å². The minimum atomic E-state index is -0.878. The summed E-state index contributed by atoms with van der Waals surface area (Å²) in [6.45, 7) is 7.48. The first-order chi connectivity index (χ1) is 19.2. The second kappa shape index (κ2) is 11.1. The molecule has 10 nitrogen and oxygen atoms in total. The summed E-state index contributed by atoms with van der Waals surface area (Å²) in [6.07, 6.45) is 2.17. The third-order valence-electron chi connectivity index (χ3n) is 7.39. The maximum absolute atomic E-state index is 15.4. The second-order valence-electron chi connectivity index (χ2n) is 10.2. The van der Waals surface area contributed by atoms with Gasteiger partial charge in [0.15, 0.2) is 23.1 Å². The average molecular weight is 558 g/mol. The van der Waals surface area contributed by atoms with Crippen molar-refractivity contribution in [2.75, 3.05) is 57.8 Å². The first-order valence-corrected chi connectivity index (χ1v) is 12.8. The molecule has 0 radical (unpaired) electrons. The number of fused-ring (bicyclic) bond motifs is 1. The Morgan fingerprint density at radius 3 is 2.42 bits per heavy atom. The van der Waals surface area contributed by atoms with Crippen LogP contribution < -0.4 is 25.0 Å². The average Bonchev–Trinajstić information content (AvgIpc) is 3.37. The van der Waals surface area contributed by atoms with Gasteiger partial charge in [-0.25, -0.2) is 18.7 Å². The van der Waals surface area contributed by atoms with E-state index in [1.54, 1.807) is 19.4 Å². The number of benzene rings is 1. The molecule has 2 saturated heterocycles. The van der Waals surface area contributed by atoms with Gasteiger partial charge in [0.2, 0.25) is 0 Å². The van der Waals surface area contributed by atoms with Gasteiger partial charge in [-0.05, 0) is 25.1 Å². The Bertz CT molecular complexity index is 1390. The zero-order valence-corrected chi connectivity index (χ0v) is 22.8. The summed E-state index contributed by atoms with van der Waals surface area (Å²) in [4.78, 5) is 11.3. The molecule has 214 valence electrons. The molecule has 3 atom stereocenters. The molecule has 1 unspecified atom stereocenters. The summed E-state index contributed by atoms with van der Waals surface area (Å²) in [5, 5.41) is 17.7. The van der Waals surface area contributed by atoms with Crippen molar-refractivity contribution in [2.45, 2.75) is 30.8 Å². The molecule has 0 bridgehead atoms. The van der Waals surface area contributed by atoms with Crippen LogP contribution in [0.5, 0.6) is 11.5 Å². The molecule has 4 heterocycles. The predicted molar refractivity (Wildman–Crippen MR) is 147 cm³/mol. The Morgan fingerprint density at radius 1 is 1.12 bits per heavy atom. The number of aliphatic hydroxyl groups excluding tert-OH is 1. The molecule has 3 aromatic rings. The van der Waals surface area contributed by atoms with Gasteiger partial charge in [0.05, 0.1) is 56.4 Å². The number of methoxy groups -OCH3 is 3. The molecule has 40 heavy (non-hydrogen) atoms. The van der Waals surface area contributed by atoms with Crippen molar-refractivity contribution in [3.05, 3.63) is 48.7 Å². The highest BCUT2D eigenvalue weighted by Gasteiger charge is 2.40. The SMILES string of the molecule is C=CC(O)N[C@H]1COC[C@H]1Nc1cc2c(N3CC(C)(OC)C3)nc(-c3c(F)c(OC)cc(OC)c3F)cc2cn1. The number of halogens is 2. The smallest absolute Gasteiger partial charge is 0.177 e. The van der Waals surface area contributed by atoms with Gasteiger partial charge < -0.3 is 34.3 Å². The van der Waals surface area contributed by atoms with Crippen LogP contribution in [-0.4, -0.2) is 86.6 Å². The zero-order valence-electron chi connectivity index (χ0n) is 22.8. The molecular weight excluding hydrogens is 524 g/mol. The number of aromatic nitrogens is 2. The van der Waals surface area contributed by atoms with Crippen LogP contribution in [0.2, 0.25) is 0 Å². The van der Waals surface area contributed by atoms with Crippen molar-refractivity contribution in [3.8, 4) is 22.8 Å². The summed E-state index contributed by atoms with van der Waals surface area (Å²) in [6, 6.07) is 4.27. The second-order valence-corrected chi connectivity index (χ2v) is 10.2. The number of hydrogen-bond donors (Lipinski definition) is 3. The number of aliphatic hydroxyl groups is 1. The number of rotatable bonds is 10. The van der Waals surface area contributed by atoms with Crippen molar-refractivity contribution in [2.24, 2.45) is 0 Å². The lowest BCUT2D eigenvalue weighted by Gasteiger charge is -2.47. The van der Waals surface area contributed by atoms with E-state index in [4.69, 9.17) is 23.9 Å². The molecule has 2 aromatic heterocycles. The van der Waals surface area contributed by atoms with Crippen molar-refractivity contribution < 1.29 is 32.8 Å². The molecule has 1 aromatic carbocycles. The zero-order chi connectivity index (χ0) is 28.6. The van der Waals surface area contributed by atoms with Gasteiger partial charge in [-0.2, -0.15) is 0 Å². The number of anilines is 2. The largest absolute Gasteiger partial charge is 0.494 e. The van der Waals surface area contributed by atoms with Crippen molar-refractivity contribution >= 4 is 22.4 Å². The molecular formula is C28H33F2N5O5. The minimum absolute atomic E-state index is 0.0788. The maximum atomic E-state index is 15.4. The predicted octanol–water partition coefficient (Wildman–Crippen LogP) is 3.09. The van der Waals surface area contributed by atoms with Crippen LogP contribution in [0.3, 0.4) is 0 Å². The summed E-state index contributed by atoms with van der Waals surface area (Å²) in [5.74, 6) is -0.974. The highest BCUT2D eigenvalue weighted by atomic mass is 19.1. The molecule has 2 aliphatic heterocycles. The lowest BCUT2D eigenvalue weighted by molar-refractivity contribution is -0.0170. The van der Waals surface area contributed by atoms with Crippen LogP contribution in [0.4, 0.5) is 20.4 Å². The van der Waals surface area contributed by atoms with E-state index < -0.39 is 17.9 Å². The molecule has 12 heteroatoms. The van der Waals surface area contributed by atoms with Crippen molar-refractivity contribution in [3.63, 3.8) is 0 Å². The van der Waals surface area contributed by atoms with Crippen LogP contribution in [0.25, 0.3) is 22.0 Å². The summed E-state index contributed by atoms with van der Waals surface area (Å²) < 4.78 is 52.3. The molecule has 0 spiro atoms. The van der Waals surface area contributed by atoms with E-state index in [0.717, 1.165) is 11.5 Å². The molecule has 3 N–H and O–H groups in total. The maximum Gasteiger partial charge on any atom is 0.177 e. The first kappa shape index (κ1) is 28.0. The van der Waals surface area contributed by atoms with E-state index in [9.17, 15) is 5.11 Å². The highest BCUT2D eigenvalue weighted by molar-refractivity contribution is 5.96. The van der Waals surface area contributed by atoms with Crippen LogP contribution >= 0.6 is 0 Å². The number of hydrogen-bond acceptors (Lipinski definition) is 10. The van der Waals surface area contributed by atoms with Gasteiger partial charge >= 0.3 is 0 Å². The lowest BCUT2D eigenvalue weighted by Crippen LogP contribution is -2.61. The van der Waals surface area contributed by atoms with E-state index in [2.05, 4.69) is 22.2 Å². The molecule has 0 amide bonds. The van der Waals surface area contributed by atoms with Crippen molar-refractivity contribution in [1.82, 2.24) is 15.3 Å². The molecule has 2 fully saturated rings. The Labute approximate surface area is 230 Å². The van der Waals surface area contributed by atoms with E-state index in [1.807, 2.05) is 17.9 Å². The minimum Gasteiger partial charge on any atom is -0.494 e. The first-order valence-electron chi connectivity index (χ1n) is 12.8. The van der Waals surface area contributed by atoms with Crippen LogP contribution in [0.1, 0.15) is 6.92 Å². The third kappa shape index (κ3) is 5.15. The number of nitrogens with one attached hydrogen (secondary N) is 2.